The SMILES string of the molecule is C[Si](C)(C)OC(=O)/C(=C1/C(=O)OC2=C1CCCCCC2)[Si](C)(C)C. The van der Waals surface area contributed by atoms with Crippen LogP contribution >= 0.6 is 0 Å². The highest BCUT2D eigenvalue weighted by atomic mass is 28.4. The summed E-state index contributed by atoms with van der Waals surface area (Å²) in [5.41, 5.74) is 1.51. The molecule has 4 nitrogen and oxygen atoms in total. The third-order valence-corrected chi connectivity index (χ3v) is 6.99. The van der Waals surface area contributed by atoms with E-state index in [2.05, 4.69) is 19.6 Å². The third kappa shape index (κ3) is 4.48. The van der Waals surface area contributed by atoms with Gasteiger partial charge in [0.2, 0.25) is 8.32 Å². The molecule has 0 unspecified atom stereocenters. The van der Waals surface area contributed by atoms with E-state index < -0.39 is 16.4 Å². The van der Waals surface area contributed by atoms with Crippen molar-refractivity contribution in [3.63, 3.8) is 0 Å². The van der Waals surface area contributed by atoms with E-state index in [1.54, 1.807) is 0 Å². The molecule has 0 fully saturated rings. The molecular formula is C18H30O4Si2. The van der Waals surface area contributed by atoms with Crippen LogP contribution in [0.3, 0.4) is 0 Å². The maximum Gasteiger partial charge on any atom is 0.343 e. The number of ether oxygens (including phenoxy) is 1. The van der Waals surface area contributed by atoms with E-state index in [4.69, 9.17) is 9.16 Å². The maximum absolute atomic E-state index is 12.9. The van der Waals surface area contributed by atoms with Crippen LogP contribution in [0.25, 0.3) is 0 Å². The van der Waals surface area contributed by atoms with E-state index in [-0.39, 0.29) is 11.9 Å². The number of carbonyl (C=O) groups is 2. The van der Waals surface area contributed by atoms with Gasteiger partial charge in [-0.2, -0.15) is 0 Å². The van der Waals surface area contributed by atoms with Crippen molar-refractivity contribution in [2.24, 2.45) is 0 Å². The van der Waals surface area contributed by atoms with Crippen LogP contribution in [0.5, 0.6) is 0 Å². The first kappa shape index (κ1) is 19.2. The fourth-order valence-electron chi connectivity index (χ4n) is 3.26. The second-order valence-corrected chi connectivity index (χ2v) is 18.1. The van der Waals surface area contributed by atoms with Gasteiger partial charge in [0, 0.05) is 17.2 Å². The number of rotatable bonds is 3. The molecular weight excluding hydrogens is 336 g/mol. The van der Waals surface area contributed by atoms with Crippen LogP contribution in [0.15, 0.2) is 22.1 Å². The Kier molecular flexibility index (Phi) is 5.59. The number of hydrogen-bond donors (Lipinski definition) is 0. The van der Waals surface area contributed by atoms with Gasteiger partial charge in [0.25, 0.3) is 0 Å². The summed E-state index contributed by atoms with van der Waals surface area (Å²) in [7, 11) is -4.10. The van der Waals surface area contributed by atoms with Crippen LogP contribution < -0.4 is 0 Å². The summed E-state index contributed by atoms with van der Waals surface area (Å²) in [4.78, 5) is 25.6. The lowest BCUT2D eigenvalue weighted by Gasteiger charge is -2.26. The molecule has 6 heteroatoms. The van der Waals surface area contributed by atoms with Crippen molar-refractivity contribution in [3.05, 3.63) is 22.1 Å². The summed E-state index contributed by atoms with van der Waals surface area (Å²) >= 11 is 0. The first-order valence-corrected chi connectivity index (χ1v) is 15.8. The normalized spacial score (nSPS) is 21.7. The Labute approximate surface area is 147 Å². The number of allylic oxidation sites excluding steroid dienone is 1. The van der Waals surface area contributed by atoms with Gasteiger partial charge in [0.05, 0.1) is 13.6 Å². The van der Waals surface area contributed by atoms with Crippen molar-refractivity contribution < 1.29 is 18.8 Å². The minimum absolute atomic E-state index is 0.295. The highest BCUT2D eigenvalue weighted by Crippen LogP contribution is 2.39. The average molecular weight is 367 g/mol. The molecule has 0 bridgehead atoms. The number of hydrogen-bond acceptors (Lipinski definition) is 4. The Hall–Kier alpha value is -1.15. The van der Waals surface area contributed by atoms with Gasteiger partial charge >= 0.3 is 11.9 Å². The van der Waals surface area contributed by atoms with Crippen LogP contribution in [0, 0.1) is 0 Å². The van der Waals surface area contributed by atoms with Crippen LogP contribution in [0.1, 0.15) is 38.5 Å². The first-order chi connectivity index (χ1) is 11.0. The molecule has 0 saturated heterocycles. The zero-order valence-electron chi connectivity index (χ0n) is 15.9. The standard InChI is InChI=1S/C18H30O4Si2/c1-23(2,3)16(18(20)22-24(4,5)6)15-13-11-9-7-8-10-12-14(13)21-17(15)19/h7-12H2,1-6H3/b16-15-. The smallest absolute Gasteiger partial charge is 0.343 e. The quantitative estimate of drug-likeness (QED) is 0.412. The fraction of sp³-hybridized carbons (Fsp3) is 0.667. The van der Waals surface area contributed by atoms with Crippen molar-refractivity contribution in [2.75, 3.05) is 0 Å². The van der Waals surface area contributed by atoms with Crippen molar-refractivity contribution in [3.8, 4) is 0 Å². The van der Waals surface area contributed by atoms with E-state index >= 15 is 0 Å². The molecule has 0 saturated carbocycles. The van der Waals surface area contributed by atoms with Crippen molar-refractivity contribution in [1.29, 1.82) is 0 Å². The van der Waals surface area contributed by atoms with Gasteiger partial charge in [0.15, 0.2) is 0 Å². The maximum atomic E-state index is 12.9. The first-order valence-electron chi connectivity index (χ1n) is 8.93. The van der Waals surface area contributed by atoms with Crippen LogP contribution in [0.2, 0.25) is 39.3 Å². The summed E-state index contributed by atoms with van der Waals surface area (Å²) in [6.45, 7) is 12.3. The largest absolute Gasteiger partial charge is 0.517 e. The fourth-order valence-corrected chi connectivity index (χ4v) is 5.69. The molecule has 0 atom stereocenters. The lowest BCUT2D eigenvalue weighted by Crippen LogP contribution is -2.38. The van der Waals surface area contributed by atoms with Crippen molar-refractivity contribution >= 4 is 28.3 Å². The molecule has 0 aromatic carbocycles. The Morgan fingerprint density at radius 2 is 1.54 bits per heavy atom. The molecule has 134 valence electrons. The molecule has 0 spiro atoms. The number of esters is 1. The van der Waals surface area contributed by atoms with Gasteiger partial charge in [-0.25, -0.2) is 9.59 Å². The van der Waals surface area contributed by atoms with Gasteiger partial charge in [0.1, 0.15) is 5.76 Å². The minimum Gasteiger partial charge on any atom is -0.517 e. The minimum atomic E-state index is -2.07. The Bertz CT molecular complexity index is 603. The molecule has 2 aliphatic rings. The molecule has 0 radical (unpaired) electrons. The Morgan fingerprint density at radius 1 is 0.958 bits per heavy atom. The monoisotopic (exact) mass is 366 g/mol. The molecule has 1 aliphatic heterocycles. The van der Waals surface area contributed by atoms with Crippen molar-refractivity contribution in [2.45, 2.75) is 77.8 Å². The van der Waals surface area contributed by atoms with Crippen LogP contribution in [-0.2, 0) is 18.8 Å². The molecule has 1 aliphatic carbocycles. The predicted octanol–water partition coefficient (Wildman–Crippen LogP) is 4.70. The molecule has 24 heavy (non-hydrogen) atoms. The van der Waals surface area contributed by atoms with Crippen LogP contribution in [-0.4, -0.2) is 28.3 Å². The summed E-state index contributed by atoms with van der Waals surface area (Å²) in [6, 6.07) is 0. The summed E-state index contributed by atoms with van der Waals surface area (Å²) in [5, 5.41) is 0.612. The van der Waals surface area contributed by atoms with E-state index in [1.807, 2.05) is 19.6 Å². The third-order valence-electron chi connectivity index (χ3n) is 4.24. The molecule has 1 heterocycles. The van der Waals surface area contributed by atoms with Crippen molar-refractivity contribution in [1.82, 2.24) is 0 Å². The molecule has 0 aromatic rings. The summed E-state index contributed by atoms with van der Waals surface area (Å²) in [6.07, 6.45) is 6.05. The second kappa shape index (κ2) is 7.00. The summed E-state index contributed by atoms with van der Waals surface area (Å²) < 4.78 is 11.3. The zero-order chi connectivity index (χ0) is 18.1. The highest BCUT2D eigenvalue weighted by Gasteiger charge is 2.41. The van der Waals surface area contributed by atoms with E-state index in [9.17, 15) is 9.59 Å². The lowest BCUT2D eigenvalue weighted by atomic mass is 9.94. The lowest BCUT2D eigenvalue weighted by molar-refractivity contribution is -0.135. The topological polar surface area (TPSA) is 52.6 Å². The van der Waals surface area contributed by atoms with E-state index in [0.717, 1.165) is 37.0 Å². The second-order valence-electron chi connectivity index (χ2n) is 8.71. The number of carbonyl (C=O) groups excluding carboxylic acids is 2. The van der Waals surface area contributed by atoms with E-state index in [1.165, 1.54) is 12.8 Å². The zero-order valence-corrected chi connectivity index (χ0v) is 17.9. The van der Waals surface area contributed by atoms with E-state index in [0.29, 0.717) is 10.8 Å². The predicted molar refractivity (Wildman–Crippen MR) is 101 cm³/mol. The highest BCUT2D eigenvalue weighted by molar-refractivity contribution is 6.88. The summed E-state index contributed by atoms with van der Waals surface area (Å²) in [5.74, 6) is 0.161. The Balaban J connectivity index is 2.55. The average Bonchev–Trinajstić information content (AvgIpc) is 2.62. The van der Waals surface area contributed by atoms with Gasteiger partial charge < -0.3 is 9.16 Å². The molecule has 0 aromatic heterocycles. The molecule has 0 N–H and O–H groups in total. The molecule has 0 amide bonds. The van der Waals surface area contributed by atoms with Gasteiger partial charge in [-0.15, -0.1) is 0 Å². The van der Waals surface area contributed by atoms with Gasteiger partial charge in [-0.3, -0.25) is 0 Å². The van der Waals surface area contributed by atoms with Gasteiger partial charge in [-0.1, -0.05) is 32.5 Å². The van der Waals surface area contributed by atoms with Gasteiger partial charge in [-0.05, 0) is 38.9 Å². The Morgan fingerprint density at radius 3 is 2.08 bits per heavy atom. The molecule has 2 rings (SSSR count). The van der Waals surface area contributed by atoms with Crippen LogP contribution in [0.4, 0.5) is 0 Å².